The van der Waals surface area contributed by atoms with Gasteiger partial charge in [0.1, 0.15) is 5.82 Å². The summed E-state index contributed by atoms with van der Waals surface area (Å²) in [6, 6.07) is 3.69. The topological polar surface area (TPSA) is 71.6 Å². The van der Waals surface area contributed by atoms with E-state index in [4.69, 9.17) is 10.5 Å². The van der Waals surface area contributed by atoms with Crippen LogP contribution in [0.3, 0.4) is 0 Å². The van der Waals surface area contributed by atoms with Gasteiger partial charge < -0.3 is 20.5 Å². The number of methoxy groups -OCH3 is 1. The molecule has 1 aromatic heterocycles. The van der Waals surface area contributed by atoms with Crippen molar-refractivity contribution >= 4 is 11.5 Å². The van der Waals surface area contributed by atoms with Gasteiger partial charge in [0.05, 0.1) is 18.4 Å². The lowest BCUT2D eigenvalue weighted by Crippen LogP contribution is -2.42. The van der Waals surface area contributed by atoms with Crippen molar-refractivity contribution in [2.24, 2.45) is 0 Å². The summed E-state index contributed by atoms with van der Waals surface area (Å²) in [6.45, 7) is 3.47. The number of ether oxygens (including phenoxy) is 1. The lowest BCUT2D eigenvalue weighted by Gasteiger charge is -2.36. The van der Waals surface area contributed by atoms with Crippen LogP contribution in [0.2, 0.25) is 0 Å². The molecule has 0 amide bonds. The maximum atomic E-state index is 9.89. The number of hydrogen-bond donors (Lipinski definition) is 2. The number of anilines is 2. The molecule has 5 heteroatoms. The second kappa shape index (κ2) is 4.41. The van der Waals surface area contributed by atoms with Gasteiger partial charge in [-0.15, -0.1) is 0 Å². The van der Waals surface area contributed by atoms with Gasteiger partial charge in [-0.3, -0.25) is 0 Å². The first-order chi connectivity index (χ1) is 8.02. The molecule has 94 valence electrons. The van der Waals surface area contributed by atoms with Gasteiger partial charge in [-0.1, -0.05) is 0 Å². The first-order valence-electron chi connectivity index (χ1n) is 5.80. The zero-order valence-electron chi connectivity index (χ0n) is 10.3. The van der Waals surface area contributed by atoms with Crippen molar-refractivity contribution in [3.05, 3.63) is 12.1 Å². The molecule has 0 saturated carbocycles. The molecule has 0 radical (unpaired) electrons. The van der Waals surface area contributed by atoms with Gasteiger partial charge in [0.2, 0.25) is 5.88 Å². The Hall–Kier alpha value is -1.49. The number of aliphatic hydroxyl groups is 1. The summed E-state index contributed by atoms with van der Waals surface area (Å²) in [5, 5.41) is 9.89. The number of nitrogens with zero attached hydrogens (tertiary/aromatic N) is 2. The van der Waals surface area contributed by atoms with Crippen LogP contribution < -0.4 is 15.4 Å². The molecule has 1 saturated heterocycles. The van der Waals surface area contributed by atoms with E-state index >= 15 is 0 Å². The molecule has 2 heterocycles. The number of piperidine rings is 1. The summed E-state index contributed by atoms with van der Waals surface area (Å²) in [6.07, 6.45) is 1.50. The molecule has 17 heavy (non-hydrogen) atoms. The molecule has 3 N–H and O–H groups in total. The Morgan fingerprint density at radius 1 is 1.41 bits per heavy atom. The highest BCUT2D eigenvalue weighted by Gasteiger charge is 2.28. The van der Waals surface area contributed by atoms with E-state index in [9.17, 15) is 5.11 Å². The number of hydrogen-bond acceptors (Lipinski definition) is 5. The van der Waals surface area contributed by atoms with Crippen molar-refractivity contribution in [1.29, 1.82) is 0 Å². The third-order valence-electron chi connectivity index (χ3n) is 3.23. The number of nitrogen functional groups attached to an aromatic ring is 1. The fraction of sp³-hybridized carbons (Fsp3) is 0.583. The predicted octanol–water partition coefficient (Wildman–Crippen LogP) is 1.02. The summed E-state index contributed by atoms with van der Waals surface area (Å²) < 4.78 is 5.11. The third kappa shape index (κ3) is 2.61. The van der Waals surface area contributed by atoms with Crippen molar-refractivity contribution in [1.82, 2.24) is 4.98 Å². The molecule has 0 atom stereocenters. The van der Waals surface area contributed by atoms with E-state index in [1.165, 1.54) is 0 Å². The van der Waals surface area contributed by atoms with Gasteiger partial charge in [0, 0.05) is 13.1 Å². The number of nitrogens with two attached hydrogens (primary N) is 1. The summed E-state index contributed by atoms with van der Waals surface area (Å²) in [4.78, 5) is 6.50. The summed E-state index contributed by atoms with van der Waals surface area (Å²) >= 11 is 0. The highest BCUT2D eigenvalue weighted by molar-refractivity contribution is 5.54. The standard InChI is InChI=1S/C12H19N3O2/c1-12(16)5-7-15(8-6-12)10-4-3-9(13)11(14-10)17-2/h3-4,16H,5-8,13H2,1-2H3. The van der Waals surface area contributed by atoms with E-state index < -0.39 is 5.60 Å². The summed E-state index contributed by atoms with van der Waals surface area (Å²) in [7, 11) is 1.56. The quantitative estimate of drug-likeness (QED) is 0.803. The Bertz CT molecular complexity index is 397. The van der Waals surface area contributed by atoms with Gasteiger partial charge in [-0.25, -0.2) is 0 Å². The van der Waals surface area contributed by atoms with Crippen LogP contribution in [0.4, 0.5) is 11.5 Å². The number of pyridine rings is 1. The highest BCUT2D eigenvalue weighted by Crippen LogP contribution is 2.27. The van der Waals surface area contributed by atoms with Gasteiger partial charge >= 0.3 is 0 Å². The van der Waals surface area contributed by atoms with Crippen molar-refractivity contribution in [2.75, 3.05) is 30.8 Å². The van der Waals surface area contributed by atoms with Crippen molar-refractivity contribution < 1.29 is 9.84 Å². The molecular weight excluding hydrogens is 218 g/mol. The molecule has 1 fully saturated rings. The number of rotatable bonds is 2. The predicted molar refractivity (Wildman–Crippen MR) is 67.3 cm³/mol. The van der Waals surface area contributed by atoms with E-state index in [1.54, 1.807) is 13.2 Å². The minimum Gasteiger partial charge on any atom is -0.479 e. The molecule has 0 unspecified atom stereocenters. The van der Waals surface area contributed by atoms with Gasteiger partial charge in [0.15, 0.2) is 0 Å². The second-order valence-electron chi connectivity index (χ2n) is 4.75. The lowest BCUT2D eigenvalue weighted by molar-refractivity contribution is 0.0350. The van der Waals surface area contributed by atoms with Crippen LogP contribution in [0.25, 0.3) is 0 Å². The van der Waals surface area contributed by atoms with E-state index in [1.807, 2.05) is 13.0 Å². The third-order valence-corrected chi connectivity index (χ3v) is 3.23. The average Bonchev–Trinajstić information content (AvgIpc) is 2.30. The number of aromatic nitrogens is 1. The molecule has 2 rings (SSSR count). The van der Waals surface area contributed by atoms with Crippen molar-refractivity contribution in [3.8, 4) is 5.88 Å². The van der Waals surface area contributed by atoms with E-state index in [0.717, 1.165) is 31.7 Å². The molecule has 1 aliphatic rings. The van der Waals surface area contributed by atoms with Crippen LogP contribution in [-0.2, 0) is 0 Å². The van der Waals surface area contributed by atoms with Gasteiger partial charge in [-0.2, -0.15) is 4.98 Å². The lowest BCUT2D eigenvalue weighted by atomic mass is 9.94. The minimum absolute atomic E-state index is 0.458. The van der Waals surface area contributed by atoms with Crippen LogP contribution in [0.15, 0.2) is 12.1 Å². The Labute approximate surface area is 101 Å². The highest BCUT2D eigenvalue weighted by atomic mass is 16.5. The molecule has 0 aliphatic carbocycles. The van der Waals surface area contributed by atoms with Gasteiger partial charge in [0.25, 0.3) is 0 Å². The van der Waals surface area contributed by atoms with Crippen LogP contribution in [-0.4, -0.2) is 35.9 Å². The zero-order chi connectivity index (χ0) is 12.5. The Morgan fingerprint density at radius 2 is 2.06 bits per heavy atom. The molecule has 0 aromatic carbocycles. The van der Waals surface area contributed by atoms with Crippen LogP contribution in [0.5, 0.6) is 5.88 Å². The largest absolute Gasteiger partial charge is 0.479 e. The van der Waals surface area contributed by atoms with E-state index in [2.05, 4.69) is 9.88 Å². The molecule has 0 bridgehead atoms. The van der Waals surface area contributed by atoms with Crippen molar-refractivity contribution in [2.45, 2.75) is 25.4 Å². The maximum Gasteiger partial charge on any atom is 0.238 e. The molecule has 0 spiro atoms. The molecule has 1 aromatic rings. The maximum absolute atomic E-state index is 9.89. The Morgan fingerprint density at radius 3 is 2.65 bits per heavy atom. The Kier molecular flexibility index (Phi) is 3.11. The first kappa shape index (κ1) is 12.0. The van der Waals surface area contributed by atoms with Crippen LogP contribution >= 0.6 is 0 Å². The second-order valence-corrected chi connectivity index (χ2v) is 4.75. The summed E-state index contributed by atoms with van der Waals surface area (Å²) in [5.41, 5.74) is 5.72. The normalized spacial score (nSPS) is 19.1. The average molecular weight is 237 g/mol. The Balaban J connectivity index is 2.13. The van der Waals surface area contributed by atoms with Gasteiger partial charge in [-0.05, 0) is 31.9 Å². The SMILES string of the molecule is COc1nc(N2CCC(C)(O)CC2)ccc1N. The summed E-state index contributed by atoms with van der Waals surface area (Å²) in [5.74, 6) is 1.31. The monoisotopic (exact) mass is 237 g/mol. The van der Waals surface area contributed by atoms with Crippen LogP contribution in [0, 0.1) is 0 Å². The zero-order valence-corrected chi connectivity index (χ0v) is 10.3. The minimum atomic E-state index is -0.547. The smallest absolute Gasteiger partial charge is 0.238 e. The van der Waals surface area contributed by atoms with E-state index in [0.29, 0.717) is 11.6 Å². The molecule has 5 nitrogen and oxygen atoms in total. The van der Waals surface area contributed by atoms with Crippen LogP contribution in [0.1, 0.15) is 19.8 Å². The fourth-order valence-electron chi connectivity index (χ4n) is 2.00. The molecular formula is C12H19N3O2. The fourth-order valence-corrected chi connectivity index (χ4v) is 2.00. The van der Waals surface area contributed by atoms with Crippen molar-refractivity contribution in [3.63, 3.8) is 0 Å². The first-order valence-corrected chi connectivity index (χ1v) is 5.80. The molecule has 1 aliphatic heterocycles. The van der Waals surface area contributed by atoms with E-state index in [-0.39, 0.29) is 0 Å².